The molecule has 0 aliphatic rings. The van der Waals surface area contributed by atoms with Crippen LogP contribution >= 0.6 is 23.2 Å². The number of carbonyl (C=O) groups excluding carboxylic acids is 2. The first-order valence-corrected chi connectivity index (χ1v) is 16.8. The topological polar surface area (TPSA) is 86.8 Å². The largest absolute Gasteiger partial charge is 0.355 e. The summed E-state index contributed by atoms with van der Waals surface area (Å²) in [4.78, 5) is 29.7. The Labute approximate surface area is 275 Å². The van der Waals surface area contributed by atoms with Crippen molar-refractivity contribution in [3.8, 4) is 0 Å². The molecule has 0 bridgehead atoms. The highest BCUT2D eigenvalue weighted by Gasteiger charge is 2.35. The van der Waals surface area contributed by atoms with E-state index in [1.807, 2.05) is 56.3 Å². The molecule has 1 N–H and O–H groups in total. The van der Waals surface area contributed by atoms with E-state index in [1.54, 1.807) is 50.2 Å². The monoisotopic (exact) mass is 665 g/mol. The van der Waals surface area contributed by atoms with Crippen LogP contribution in [0.5, 0.6) is 0 Å². The Morgan fingerprint density at radius 2 is 1.51 bits per heavy atom. The zero-order valence-corrected chi connectivity index (χ0v) is 28.1. The molecule has 236 valence electrons. The van der Waals surface area contributed by atoms with Crippen LogP contribution < -0.4 is 9.62 Å². The average molecular weight is 667 g/mol. The third-order valence-corrected chi connectivity index (χ3v) is 9.86. The number of hydrogen-bond donors (Lipinski definition) is 1. The number of halogens is 2. The van der Waals surface area contributed by atoms with Gasteiger partial charge in [-0.1, -0.05) is 89.4 Å². The van der Waals surface area contributed by atoms with Crippen LogP contribution in [-0.2, 0) is 32.6 Å². The summed E-state index contributed by atoms with van der Waals surface area (Å²) in [5.74, 6) is -0.927. The van der Waals surface area contributed by atoms with Crippen LogP contribution in [0.3, 0.4) is 0 Å². The number of sulfonamides is 1. The van der Waals surface area contributed by atoms with Crippen molar-refractivity contribution in [1.82, 2.24) is 10.2 Å². The van der Waals surface area contributed by atoms with Gasteiger partial charge >= 0.3 is 0 Å². The number of carbonyl (C=O) groups is 2. The number of amides is 2. The van der Waals surface area contributed by atoms with Crippen LogP contribution in [0.2, 0.25) is 10.0 Å². The Kier molecular flexibility index (Phi) is 11.3. The van der Waals surface area contributed by atoms with E-state index in [1.165, 1.54) is 17.0 Å². The maximum atomic E-state index is 14.5. The molecular weight excluding hydrogens is 629 g/mol. The van der Waals surface area contributed by atoms with Crippen molar-refractivity contribution in [2.75, 3.05) is 17.4 Å². The number of nitrogens with zero attached hydrogens (tertiary/aromatic N) is 2. The highest BCUT2D eigenvalue weighted by molar-refractivity contribution is 7.92. The molecule has 0 spiro atoms. The molecule has 0 heterocycles. The number of hydrogen-bond acceptors (Lipinski definition) is 4. The van der Waals surface area contributed by atoms with E-state index in [2.05, 4.69) is 5.32 Å². The number of benzene rings is 4. The van der Waals surface area contributed by atoms with Crippen molar-refractivity contribution in [3.05, 3.63) is 129 Å². The fraction of sp³-hybridized carbons (Fsp3) is 0.257. The van der Waals surface area contributed by atoms with Crippen LogP contribution in [0.4, 0.5) is 5.69 Å². The molecule has 10 heteroatoms. The number of aryl methyl sites for hydroxylation is 3. The van der Waals surface area contributed by atoms with Crippen molar-refractivity contribution in [2.24, 2.45) is 0 Å². The molecule has 0 aromatic heterocycles. The summed E-state index contributed by atoms with van der Waals surface area (Å²) in [7, 11) is -4.20. The van der Waals surface area contributed by atoms with E-state index in [9.17, 15) is 18.0 Å². The zero-order chi connectivity index (χ0) is 32.7. The summed E-state index contributed by atoms with van der Waals surface area (Å²) in [5.41, 5.74) is 4.21. The molecule has 0 aliphatic heterocycles. The minimum atomic E-state index is -4.20. The molecular formula is C35H37Cl2N3O4S. The number of anilines is 1. The minimum Gasteiger partial charge on any atom is -0.355 e. The van der Waals surface area contributed by atoms with E-state index in [0.29, 0.717) is 33.4 Å². The first kappa shape index (κ1) is 34.0. The van der Waals surface area contributed by atoms with Gasteiger partial charge in [0, 0.05) is 29.6 Å². The molecule has 4 rings (SSSR count). The smallest absolute Gasteiger partial charge is 0.264 e. The third-order valence-electron chi connectivity index (χ3n) is 7.50. The fourth-order valence-corrected chi connectivity index (χ4v) is 6.96. The molecule has 0 saturated carbocycles. The van der Waals surface area contributed by atoms with Gasteiger partial charge < -0.3 is 10.2 Å². The lowest BCUT2D eigenvalue weighted by atomic mass is 10.0. The number of likely N-dealkylation sites (N-methyl/N-ethyl adjacent to an activating group) is 1. The summed E-state index contributed by atoms with van der Waals surface area (Å²) >= 11 is 12.7. The molecule has 1 atom stereocenters. The van der Waals surface area contributed by atoms with Crippen molar-refractivity contribution in [1.29, 1.82) is 0 Å². The molecule has 4 aromatic rings. The van der Waals surface area contributed by atoms with Gasteiger partial charge in [-0.15, -0.1) is 0 Å². The van der Waals surface area contributed by atoms with Gasteiger partial charge in [0.1, 0.15) is 12.6 Å². The minimum absolute atomic E-state index is 0.0469. The molecule has 0 unspecified atom stereocenters. The lowest BCUT2D eigenvalue weighted by Gasteiger charge is -2.34. The van der Waals surface area contributed by atoms with Crippen LogP contribution in [0.1, 0.15) is 34.7 Å². The van der Waals surface area contributed by atoms with Crippen LogP contribution in [0.25, 0.3) is 0 Å². The second kappa shape index (κ2) is 15.0. The quantitative estimate of drug-likeness (QED) is 0.179. The number of rotatable bonds is 12. The Morgan fingerprint density at radius 3 is 2.16 bits per heavy atom. The van der Waals surface area contributed by atoms with Gasteiger partial charge in [0.2, 0.25) is 11.8 Å². The Morgan fingerprint density at radius 1 is 0.844 bits per heavy atom. The molecule has 4 aromatic carbocycles. The Balaban J connectivity index is 1.84. The van der Waals surface area contributed by atoms with Gasteiger partial charge in [-0.25, -0.2) is 8.42 Å². The molecule has 45 heavy (non-hydrogen) atoms. The summed E-state index contributed by atoms with van der Waals surface area (Å²) < 4.78 is 29.6. The molecule has 0 saturated heterocycles. The lowest BCUT2D eigenvalue weighted by Crippen LogP contribution is -2.53. The summed E-state index contributed by atoms with van der Waals surface area (Å²) in [6, 6.07) is 25.3. The van der Waals surface area contributed by atoms with Gasteiger partial charge in [0.25, 0.3) is 10.0 Å². The van der Waals surface area contributed by atoms with Gasteiger partial charge in [0.05, 0.1) is 10.6 Å². The first-order valence-electron chi connectivity index (χ1n) is 14.6. The maximum Gasteiger partial charge on any atom is 0.264 e. The maximum absolute atomic E-state index is 14.5. The van der Waals surface area contributed by atoms with E-state index in [-0.39, 0.29) is 23.8 Å². The first-order chi connectivity index (χ1) is 21.4. The van der Waals surface area contributed by atoms with Gasteiger partial charge in [-0.3, -0.25) is 13.9 Å². The van der Waals surface area contributed by atoms with E-state index in [0.717, 1.165) is 21.0 Å². The molecule has 0 radical (unpaired) electrons. The Bertz CT molecular complexity index is 1760. The van der Waals surface area contributed by atoms with E-state index < -0.39 is 28.5 Å². The molecule has 2 amide bonds. The Hall–Kier alpha value is -3.85. The van der Waals surface area contributed by atoms with Crippen LogP contribution in [-0.4, -0.2) is 44.3 Å². The standard InChI is InChI=1S/C35H37Cl2N3O4S/c1-5-38-35(42)33(20-27-9-7-6-8-10-27)39(22-28-15-16-29(36)21-31(28)37)34(41)23-40(32-19-25(3)11-14-26(32)4)45(43,44)30-17-12-24(2)13-18-30/h6-19,21,33H,5,20,22-23H2,1-4H3,(H,38,42)/t33-/m1/s1. The van der Waals surface area contributed by atoms with Crippen LogP contribution in [0.15, 0.2) is 95.9 Å². The van der Waals surface area contributed by atoms with Gasteiger partial charge in [-0.05, 0) is 80.3 Å². The van der Waals surface area contributed by atoms with Gasteiger partial charge in [-0.2, -0.15) is 0 Å². The predicted molar refractivity (Wildman–Crippen MR) is 181 cm³/mol. The highest BCUT2D eigenvalue weighted by atomic mass is 35.5. The SMILES string of the molecule is CCNC(=O)[C@@H](Cc1ccccc1)N(Cc1ccc(Cl)cc1Cl)C(=O)CN(c1cc(C)ccc1C)S(=O)(=O)c1ccc(C)cc1. The van der Waals surface area contributed by atoms with Crippen molar-refractivity contribution >= 4 is 50.7 Å². The highest BCUT2D eigenvalue weighted by Crippen LogP contribution is 2.30. The summed E-state index contributed by atoms with van der Waals surface area (Å²) in [6.07, 6.45) is 0.206. The zero-order valence-electron chi connectivity index (χ0n) is 25.8. The van der Waals surface area contributed by atoms with Crippen molar-refractivity contribution in [2.45, 2.75) is 51.6 Å². The van der Waals surface area contributed by atoms with Gasteiger partial charge in [0.15, 0.2) is 0 Å². The number of nitrogens with one attached hydrogen (secondary N) is 1. The summed E-state index contributed by atoms with van der Waals surface area (Å²) in [6.45, 7) is 7.10. The normalized spacial score (nSPS) is 12.0. The van der Waals surface area contributed by atoms with Crippen molar-refractivity contribution < 1.29 is 18.0 Å². The van der Waals surface area contributed by atoms with E-state index in [4.69, 9.17) is 23.2 Å². The predicted octanol–water partition coefficient (Wildman–Crippen LogP) is 6.89. The van der Waals surface area contributed by atoms with Crippen molar-refractivity contribution in [3.63, 3.8) is 0 Å². The lowest BCUT2D eigenvalue weighted by molar-refractivity contribution is -0.140. The fourth-order valence-electron chi connectivity index (χ4n) is 5.02. The molecule has 7 nitrogen and oxygen atoms in total. The van der Waals surface area contributed by atoms with Crippen LogP contribution in [0, 0.1) is 20.8 Å². The molecule has 0 fully saturated rings. The second-order valence-corrected chi connectivity index (χ2v) is 13.7. The third kappa shape index (κ3) is 8.45. The molecule has 0 aliphatic carbocycles. The average Bonchev–Trinajstić information content (AvgIpc) is 3.00. The van der Waals surface area contributed by atoms with E-state index >= 15 is 0 Å². The summed E-state index contributed by atoms with van der Waals surface area (Å²) in [5, 5.41) is 3.61. The second-order valence-electron chi connectivity index (χ2n) is 11.0.